The summed E-state index contributed by atoms with van der Waals surface area (Å²) in [5.41, 5.74) is -2.46. The summed E-state index contributed by atoms with van der Waals surface area (Å²) in [6.45, 7) is -1.97. The number of carboxylic acid groups (broad SMARTS) is 2. The molecule has 13 heteroatoms. The molecule has 5 N–H and O–H groups in total. The van der Waals surface area contributed by atoms with Gasteiger partial charge in [-0.3, -0.25) is 24.0 Å². The highest BCUT2D eigenvalue weighted by molar-refractivity contribution is 6.31. The number of carboxylic acids is 2. The summed E-state index contributed by atoms with van der Waals surface area (Å²) in [6.07, 6.45) is 0. The van der Waals surface area contributed by atoms with E-state index in [0.29, 0.717) is 10.2 Å². The van der Waals surface area contributed by atoms with Crippen molar-refractivity contribution in [2.75, 3.05) is 13.1 Å². The van der Waals surface area contributed by atoms with E-state index in [1.165, 1.54) is 6.07 Å². The van der Waals surface area contributed by atoms with Gasteiger partial charge in [-0.2, -0.15) is 5.10 Å². The fraction of sp³-hybridized carbons (Fsp3) is 0.176. The van der Waals surface area contributed by atoms with Crippen LogP contribution in [0.3, 0.4) is 0 Å². The molecule has 0 aliphatic rings. The van der Waals surface area contributed by atoms with Gasteiger partial charge in [0, 0.05) is 5.02 Å². The summed E-state index contributed by atoms with van der Waals surface area (Å²) in [5, 5.41) is 35.5. The molecule has 0 radical (unpaired) electrons. The van der Waals surface area contributed by atoms with Crippen molar-refractivity contribution in [1.82, 2.24) is 20.4 Å². The van der Waals surface area contributed by atoms with Gasteiger partial charge < -0.3 is 26.0 Å². The van der Waals surface area contributed by atoms with Crippen LogP contribution in [0.2, 0.25) is 5.02 Å². The number of aliphatic carboxylic acids is 2. The molecule has 0 bridgehead atoms. The van der Waals surface area contributed by atoms with Crippen LogP contribution in [0.5, 0.6) is 5.75 Å². The van der Waals surface area contributed by atoms with Crippen LogP contribution >= 0.6 is 11.6 Å². The van der Waals surface area contributed by atoms with Crippen molar-refractivity contribution < 1.29 is 34.5 Å². The fourth-order valence-electron chi connectivity index (χ4n) is 2.30. The normalized spacial score (nSPS) is 10.3. The monoisotopic (exact) mass is 438 g/mol. The van der Waals surface area contributed by atoms with E-state index >= 15 is 0 Å². The van der Waals surface area contributed by atoms with E-state index in [-0.39, 0.29) is 11.6 Å². The molecule has 30 heavy (non-hydrogen) atoms. The first-order valence-corrected chi connectivity index (χ1v) is 8.57. The van der Waals surface area contributed by atoms with Gasteiger partial charge in [-0.05, 0) is 11.6 Å². The highest BCUT2D eigenvalue weighted by Crippen LogP contribution is 2.19. The number of carbonyl (C=O) groups excluding carboxylic acids is 2. The Hall–Kier alpha value is -3.93. The van der Waals surface area contributed by atoms with Crippen LogP contribution in [0.4, 0.5) is 0 Å². The molecule has 0 saturated heterocycles. The molecule has 0 atom stereocenters. The molecule has 2 rings (SSSR count). The van der Waals surface area contributed by atoms with Crippen LogP contribution < -0.4 is 16.2 Å². The number of benzene rings is 1. The molecular formula is C17H15ClN4O8. The van der Waals surface area contributed by atoms with Gasteiger partial charge >= 0.3 is 11.9 Å². The SMILES string of the molecule is O=C(O)CNC(=O)c1nn(Cc2ccccc2Cl)c(=O)c(C(=O)NCC(=O)O)c1O. The zero-order valence-corrected chi connectivity index (χ0v) is 15.8. The largest absolute Gasteiger partial charge is 0.505 e. The van der Waals surface area contributed by atoms with Crippen molar-refractivity contribution in [1.29, 1.82) is 0 Å². The number of aromatic nitrogens is 2. The molecule has 0 spiro atoms. The maximum Gasteiger partial charge on any atom is 0.322 e. The molecule has 1 aromatic heterocycles. The number of amides is 2. The van der Waals surface area contributed by atoms with Crippen LogP contribution in [0.15, 0.2) is 29.1 Å². The molecule has 158 valence electrons. The maximum atomic E-state index is 12.7. The third-order valence-electron chi connectivity index (χ3n) is 3.65. The second kappa shape index (κ2) is 9.52. The molecule has 2 aromatic rings. The minimum Gasteiger partial charge on any atom is -0.505 e. The Balaban J connectivity index is 2.57. The van der Waals surface area contributed by atoms with Gasteiger partial charge in [-0.15, -0.1) is 0 Å². The molecule has 0 unspecified atom stereocenters. The van der Waals surface area contributed by atoms with Crippen LogP contribution in [0.1, 0.15) is 26.4 Å². The van der Waals surface area contributed by atoms with E-state index in [2.05, 4.69) is 5.10 Å². The Bertz CT molecular complexity index is 1080. The molecule has 0 aliphatic heterocycles. The van der Waals surface area contributed by atoms with Crippen LogP contribution in [0, 0.1) is 0 Å². The molecule has 0 fully saturated rings. The summed E-state index contributed by atoms with van der Waals surface area (Å²) in [7, 11) is 0. The van der Waals surface area contributed by atoms with Gasteiger partial charge in [0.2, 0.25) is 0 Å². The quantitative estimate of drug-likeness (QED) is 0.354. The van der Waals surface area contributed by atoms with Crippen LogP contribution in [-0.2, 0) is 16.1 Å². The number of carbonyl (C=O) groups is 4. The van der Waals surface area contributed by atoms with Crippen LogP contribution in [0.25, 0.3) is 0 Å². The number of hydrogen-bond acceptors (Lipinski definition) is 7. The van der Waals surface area contributed by atoms with E-state index in [4.69, 9.17) is 21.8 Å². The highest BCUT2D eigenvalue weighted by atomic mass is 35.5. The van der Waals surface area contributed by atoms with Gasteiger partial charge in [0.1, 0.15) is 13.1 Å². The van der Waals surface area contributed by atoms with Crippen molar-refractivity contribution in [2.24, 2.45) is 0 Å². The third kappa shape index (κ3) is 5.32. The average molecular weight is 439 g/mol. The van der Waals surface area contributed by atoms with E-state index in [0.717, 1.165) is 0 Å². The number of nitrogens with one attached hydrogen (secondary N) is 2. The molecular weight excluding hydrogens is 424 g/mol. The van der Waals surface area contributed by atoms with Crippen molar-refractivity contribution in [3.8, 4) is 5.75 Å². The first-order valence-electron chi connectivity index (χ1n) is 8.19. The zero-order chi connectivity index (χ0) is 22.4. The summed E-state index contributed by atoms with van der Waals surface area (Å²) in [5.74, 6) is -6.35. The van der Waals surface area contributed by atoms with Crippen molar-refractivity contribution >= 4 is 35.4 Å². The second-order valence-electron chi connectivity index (χ2n) is 5.78. The van der Waals surface area contributed by atoms with E-state index < -0.39 is 59.4 Å². The Morgan fingerprint density at radius 3 is 2.13 bits per heavy atom. The summed E-state index contributed by atoms with van der Waals surface area (Å²) in [4.78, 5) is 58.5. The van der Waals surface area contributed by atoms with Crippen molar-refractivity contribution in [3.05, 3.63) is 56.5 Å². The average Bonchev–Trinajstić information content (AvgIpc) is 2.68. The molecule has 12 nitrogen and oxygen atoms in total. The molecule has 1 heterocycles. The Kier molecular flexibility index (Phi) is 7.09. The predicted molar refractivity (Wildman–Crippen MR) is 101 cm³/mol. The van der Waals surface area contributed by atoms with E-state index in [1.807, 2.05) is 10.6 Å². The first kappa shape index (κ1) is 22.4. The molecule has 0 aliphatic carbocycles. The molecule has 2 amide bonds. The standard InChI is InChI=1S/C17H15ClN4O8/c18-9-4-2-1-3-8(9)7-22-17(30)12(15(28)19-5-10(23)24)14(27)13(21-22)16(29)20-6-11(25)26/h1-4,27H,5-7H2,(H,19,28)(H,20,29)(H,23,24)(H,25,26). The minimum absolute atomic E-state index is 0.257. The van der Waals surface area contributed by atoms with Gasteiger partial charge in [0.05, 0.1) is 6.54 Å². The topological polar surface area (TPSA) is 188 Å². The molecule has 1 aromatic carbocycles. The van der Waals surface area contributed by atoms with Crippen molar-refractivity contribution in [2.45, 2.75) is 6.54 Å². The van der Waals surface area contributed by atoms with Gasteiger partial charge in [0.25, 0.3) is 17.4 Å². The Labute approximate surface area is 172 Å². The predicted octanol–water partition coefficient (Wildman–Crippen LogP) is -0.721. The lowest BCUT2D eigenvalue weighted by atomic mass is 10.2. The van der Waals surface area contributed by atoms with Crippen LogP contribution in [-0.4, -0.2) is 61.9 Å². The number of rotatable bonds is 8. The Morgan fingerprint density at radius 2 is 1.57 bits per heavy atom. The zero-order valence-electron chi connectivity index (χ0n) is 15.1. The summed E-state index contributed by atoms with van der Waals surface area (Å²) in [6, 6.07) is 6.34. The van der Waals surface area contributed by atoms with Gasteiger partial charge in [-0.25, -0.2) is 4.68 Å². The highest BCUT2D eigenvalue weighted by Gasteiger charge is 2.27. The number of nitrogens with zero attached hydrogens (tertiary/aromatic N) is 2. The number of hydrogen-bond donors (Lipinski definition) is 5. The van der Waals surface area contributed by atoms with E-state index in [9.17, 15) is 29.1 Å². The minimum atomic E-state index is -1.41. The number of aromatic hydroxyl groups is 1. The van der Waals surface area contributed by atoms with Gasteiger partial charge in [-0.1, -0.05) is 29.8 Å². The fourth-order valence-corrected chi connectivity index (χ4v) is 2.49. The number of halogens is 1. The lowest BCUT2D eigenvalue weighted by Crippen LogP contribution is -2.39. The van der Waals surface area contributed by atoms with Gasteiger partial charge in [0.15, 0.2) is 17.0 Å². The lowest BCUT2D eigenvalue weighted by molar-refractivity contribution is -0.136. The third-order valence-corrected chi connectivity index (χ3v) is 4.02. The maximum absolute atomic E-state index is 12.7. The molecule has 0 saturated carbocycles. The summed E-state index contributed by atoms with van der Waals surface area (Å²) >= 11 is 6.05. The van der Waals surface area contributed by atoms with E-state index in [1.54, 1.807) is 18.2 Å². The first-order chi connectivity index (χ1) is 14.1. The second-order valence-corrected chi connectivity index (χ2v) is 6.19. The summed E-state index contributed by atoms with van der Waals surface area (Å²) < 4.78 is 0.673. The lowest BCUT2D eigenvalue weighted by Gasteiger charge is -2.13. The Morgan fingerprint density at radius 1 is 1.00 bits per heavy atom. The smallest absolute Gasteiger partial charge is 0.322 e. The van der Waals surface area contributed by atoms with Crippen molar-refractivity contribution in [3.63, 3.8) is 0 Å².